The Balaban J connectivity index is 1.39. The van der Waals surface area contributed by atoms with Crippen LogP contribution in [0.5, 0.6) is 17.2 Å². The lowest BCUT2D eigenvalue weighted by Gasteiger charge is -2.57. The van der Waals surface area contributed by atoms with Crippen LogP contribution < -0.4 is 24.4 Å². The average molecular weight is 908 g/mol. The zero-order valence-corrected chi connectivity index (χ0v) is 35.7. The maximum absolute atomic E-state index is 14.1. The topological polar surface area (TPSA) is 227 Å². The van der Waals surface area contributed by atoms with Crippen LogP contribution in [0, 0.1) is 25.5 Å². The van der Waals surface area contributed by atoms with Crippen molar-refractivity contribution in [2.45, 2.75) is 102 Å². The summed E-state index contributed by atoms with van der Waals surface area (Å²) in [6, 6.07) is 9.08. The van der Waals surface area contributed by atoms with Crippen molar-refractivity contribution in [3.05, 3.63) is 86.4 Å². The maximum Gasteiger partial charge on any atom is 0.524 e. The van der Waals surface area contributed by atoms with Gasteiger partial charge in [-0.3, -0.25) is 34.0 Å². The van der Waals surface area contributed by atoms with E-state index in [1.807, 2.05) is 0 Å². The Morgan fingerprint density at radius 2 is 1.47 bits per heavy atom. The second-order valence-corrected chi connectivity index (χ2v) is 18.7. The van der Waals surface area contributed by atoms with Crippen LogP contribution in [0.3, 0.4) is 0 Å². The molecule has 15 nitrogen and oxygen atoms in total. The standard InChI is InChI=1S/C38H44Cl2F2N2O13P2/c1-21-15-29(56-58(48,49)50)34(22(2)35(21)57-59(51,52)53)36(3,4)19-33(47)55-30-18-37(43-32(46)20-54-24-7-9-26(40)28(42)17-24)11-13-38(30,14-12-37)44-31(45)10-6-23-5-8-25(39)27(41)16-23/h5,7-9,15-17,30H,6,10-14,18-20H2,1-4H3,(H,43,46)(H,44,45)(H2,48,49,50)(H2,51,52,53)/t30-,37?,38?/m0/s1. The quantitative estimate of drug-likeness (QED) is 0.0642. The first kappa shape index (κ1) is 46.3. The van der Waals surface area contributed by atoms with Gasteiger partial charge in [0.15, 0.2) is 6.61 Å². The van der Waals surface area contributed by atoms with Gasteiger partial charge in [-0.1, -0.05) is 43.1 Å². The van der Waals surface area contributed by atoms with Crippen molar-refractivity contribution < 1.29 is 70.4 Å². The summed E-state index contributed by atoms with van der Waals surface area (Å²) in [5.74, 6) is -3.72. The second kappa shape index (κ2) is 17.7. The first-order chi connectivity index (χ1) is 27.3. The monoisotopic (exact) mass is 906 g/mol. The van der Waals surface area contributed by atoms with E-state index in [-0.39, 0.29) is 76.1 Å². The minimum atomic E-state index is -5.19. The third-order valence-corrected chi connectivity index (χ3v) is 12.1. The summed E-state index contributed by atoms with van der Waals surface area (Å²) in [5, 5.41) is 5.86. The fourth-order valence-electron chi connectivity index (χ4n) is 8.01. The average Bonchev–Trinajstić information content (AvgIpc) is 3.10. The molecule has 3 aromatic carbocycles. The highest BCUT2D eigenvalue weighted by molar-refractivity contribution is 7.47. The van der Waals surface area contributed by atoms with E-state index in [9.17, 15) is 51.9 Å². The second-order valence-electron chi connectivity index (χ2n) is 15.6. The first-order valence-corrected chi connectivity index (χ1v) is 22.1. The van der Waals surface area contributed by atoms with Crippen LogP contribution in [0.4, 0.5) is 8.78 Å². The summed E-state index contributed by atoms with van der Waals surface area (Å²) in [6.07, 6.45) is -0.0510. The van der Waals surface area contributed by atoms with Crippen LogP contribution in [-0.4, -0.2) is 61.1 Å². The Kier molecular flexibility index (Phi) is 13.9. The summed E-state index contributed by atoms with van der Waals surface area (Å²) in [6.45, 7) is 5.34. The summed E-state index contributed by atoms with van der Waals surface area (Å²) in [5.41, 5.74) is -2.77. The Morgan fingerprint density at radius 3 is 2.07 bits per heavy atom. The molecule has 1 atom stereocenters. The largest absolute Gasteiger partial charge is 0.524 e. The normalized spacial score (nSPS) is 20.4. The van der Waals surface area contributed by atoms with Crippen molar-refractivity contribution in [1.29, 1.82) is 0 Å². The highest BCUT2D eigenvalue weighted by Crippen LogP contribution is 2.52. The molecular formula is C38H44Cl2F2N2O13P2. The van der Waals surface area contributed by atoms with E-state index in [1.165, 1.54) is 52.0 Å². The van der Waals surface area contributed by atoms with Crippen molar-refractivity contribution in [3.8, 4) is 17.2 Å². The molecule has 3 saturated carbocycles. The van der Waals surface area contributed by atoms with Gasteiger partial charge < -0.3 is 29.2 Å². The van der Waals surface area contributed by atoms with Gasteiger partial charge in [0.25, 0.3) is 5.91 Å². The number of phosphoric acid groups is 2. The Morgan fingerprint density at radius 1 is 0.864 bits per heavy atom. The molecule has 0 saturated heterocycles. The lowest BCUT2D eigenvalue weighted by atomic mass is 9.59. The number of nitrogens with one attached hydrogen (secondary N) is 2. The number of carbonyl (C=O) groups is 3. The number of hydrogen-bond donors (Lipinski definition) is 6. The Labute approximate surface area is 348 Å². The summed E-state index contributed by atoms with van der Waals surface area (Å²) in [7, 11) is -10.3. The van der Waals surface area contributed by atoms with Gasteiger partial charge in [0.1, 0.15) is 35.0 Å². The van der Waals surface area contributed by atoms with Gasteiger partial charge in [-0.25, -0.2) is 17.9 Å². The fourth-order valence-corrected chi connectivity index (χ4v) is 9.16. The van der Waals surface area contributed by atoms with Crippen LogP contribution in [0.2, 0.25) is 10.0 Å². The van der Waals surface area contributed by atoms with Gasteiger partial charge in [0.05, 0.1) is 22.0 Å². The number of esters is 1. The molecule has 0 unspecified atom stereocenters. The number of amides is 2. The van der Waals surface area contributed by atoms with Crippen LogP contribution in [0.1, 0.15) is 81.0 Å². The van der Waals surface area contributed by atoms with E-state index >= 15 is 0 Å². The smallest absolute Gasteiger partial charge is 0.484 e. The molecule has 0 aliphatic heterocycles. The highest BCUT2D eigenvalue weighted by atomic mass is 35.5. The molecule has 3 aliphatic carbocycles. The third kappa shape index (κ3) is 11.7. The van der Waals surface area contributed by atoms with E-state index in [1.54, 1.807) is 6.07 Å². The number of ether oxygens (including phenoxy) is 2. The van der Waals surface area contributed by atoms with Crippen LogP contribution in [-0.2, 0) is 40.1 Å². The van der Waals surface area contributed by atoms with Crippen LogP contribution >= 0.6 is 38.8 Å². The molecule has 3 aliphatic rings. The highest BCUT2D eigenvalue weighted by Gasteiger charge is 2.57. The van der Waals surface area contributed by atoms with Crippen molar-refractivity contribution in [1.82, 2.24) is 10.6 Å². The number of rotatable bonds is 16. The minimum Gasteiger partial charge on any atom is -0.484 e. The Bertz CT molecular complexity index is 2220. The Hall–Kier alpha value is -3.79. The molecular weight excluding hydrogens is 863 g/mol. The number of carbonyl (C=O) groups excluding carboxylic acids is 3. The van der Waals surface area contributed by atoms with Gasteiger partial charge in [0.2, 0.25) is 5.91 Å². The summed E-state index contributed by atoms with van der Waals surface area (Å²) in [4.78, 5) is 79.3. The molecule has 2 bridgehead atoms. The fraction of sp³-hybridized carbons (Fsp3) is 0.447. The molecule has 0 heterocycles. The number of halogens is 4. The number of fused-ring (bicyclic) bond motifs is 3. The predicted octanol–water partition coefficient (Wildman–Crippen LogP) is 6.81. The van der Waals surface area contributed by atoms with Crippen molar-refractivity contribution in [2.24, 2.45) is 0 Å². The van der Waals surface area contributed by atoms with Crippen LogP contribution in [0.25, 0.3) is 0 Å². The van der Waals surface area contributed by atoms with E-state index < -0.39 is 80.7 Å². The summed E-state index contributed by atoms with van der Waals surface area (Å²) < 4.78 is 73.4. The van der Waals surface area contributed by atoms with Gasteiger partial charge in [0, 0.05) is 35.4 Å². The molecule has 6 N–H and O–H groups in total. The number of phosphoric ester groups is 2. The first-order valence-electron chi connectivity index (χ1n) is 18.3. The van der Waals surface area contributed by atoms with Gasteiger partial charge in [-0.05, 0) is 93.0 Å². The molecule has 0 aromatic heterocycles. The van der Waals surface area contributed by atoms with Crippen molar-refractivity contribution in [2.75, 3.05) is 6.61 Å². The SMILES string of the molecule is Cc1cc(OP(=O)(O)O)c(C(C)(C)CC(=O)O[C@H]2CC3(NC(=O)COc4ccc(Cl)c(F)c4)CCC2(NC(=O)CCc2ccc(Cl)c(F)c2)CC3)c(C)c1OP(=O)(O)O. The molecule has 59 heavy (non-hydrogen) atoms. The lowest BCUT2D eigenvalue weighted by molar-refractivity contribution is -0.167. The van der Waals surface area contributed by atoms with E-state index in [0.29, 0.717) is 18.4 Å². The zero-order valence-electron chi connectivity index (χ0n) is 32.4. The van der Waals surface area contributed by atoms with Gasteiger partial charge in [-0.2, -0.15) is 0 Å². The van der Waals surface area contributed by atoms with Crippen molar-refractivity contribution in [3.63, 3.8) is 0 Å². The molecule has 3 fully saturated rings. The van der Waals surface area contributed by atoms with E-state index in [2.05, 4.69) is 10.6 Å². The summed E-state index contributed by atoms with van der Waals surface area (Å²) >= 11 is 11.5. The number of benzene rings is 3. The zero-order chi connectivity index (χ0) is 43.7. The molecule has 322 valence electrons. The van der Waals surface area contributed by atoms with E-state index in [4.69, 9.17) is 41.7 Å². The molecule has 2 amide bonds. The predicted molar refractivity (Wildman–Crippen MR) is 210 cm³/mol. The van der Waals surface area contributed by atoms with Crippen LogP contribution in [0.15, 0.2) is 42.5 Å². The number of hydrogen-bond acceptors (Lipinski definition) is 9. The minimum absolute atomic E-state index is 0.0112. The molecule has 3 aromatic rings. The number of aryl methyl sites for hydroxylation is 2. The van der Waals surface area contributed by atoms with Crippen molar-refractivity contribution >= 4 is 56.6 Å². The molecule has 0 spiro atoms. The molecule has 6 rings (SSSR count). The third-order valence-electron chi connectivity index (χ3n) is 10.6. The van der Waals surface area contributed by atoms with E-state index in [0.717, 1.165) is 12.1 Å². The lowest BCUT2D eigenvalue weighted by Crippen LogP contribution is -2.71. The molecule has 21 heteroatoms. The van der Waals surface area contributed by atoms with Gasteiger partial charge >= 0.3 is 21.6 Å². The van der Waals surface area contributed by atoms with Gasteiger partial charge in [-0.15, -0.1) is 0 Å². The maximum atomic E-state index is 14.1. The molecule has 0 radical (unpaired) electrons.